The third-order valence-corrected chi connectivity index (χ3v) is 5.89. The quantitative estimate of drug-likeness (QED) is 0.831. The van der Waals surface area contributed by atoms with Crippen LogP contribution in [0.4, 0.5) is 5.69 Å². The zero-order valence-corrected chi connectivity index (χ0v) is 17.3. The minimum atomic E-state index is -0.341. The highest BCUT2D eigenvalue weighted by Gasteiger charge is 2.27. The number of nitrogens with zero attached hydrogens (tertiary/aromatic N) is 3. The van der Waals surface area contributed by atoms with Gasteiger partial charge < -0.3 is 19.7 Å². The summed E-state index contributed by atoms with van der Waals surface area (Å²) in [6, 6.07) is 1.50. The average Bonchev–Trinajstić information content (AvgIpc) is 3.00. The van der Waals surface area contributed by atoms with Gasteiger partial charge in [-0.1, -0.05) is 12.8 Å². The van der Waals surface area contributed by atoms with Gasteiger partial charge in [-0.15, -0.1) is 0 Å². The Hall–Kier alpha value is -2.64. The second-order valence-corrected chi connectivity index (χ2v) is 8.03. The highest BCUT2D eigenvalue weighted by molar-refractivity contribution is 5.97. The van der Waals surface area contributed by atoms with E-state index in [0.717, 1.165) is 38.8 Å². The first-order valence-electron chi connectivity index (χ1n) is 10.4. The molecule has 158 valence electrons. The van der Waals surface area contributed by atoms with Crippen LogP contribution in [0.2, 0.25) is 0 Å². The van der Waals surface area contributed by atoms with Gasteiger partial charge >= 0.3 is 0 Å². The van der Waals surface area contributed by atoms with Crippen LogP contribution in [0.5, 0.6) is 0 Å². The van der Waals surface area contributed by atoms with Crippen LogP contribution in [0, 0.1) is 5.92 Å². The number of aryl methyl sites for hydroxylation is 1. The topological polar surface area (TPSA) is 91.7 Å². The summed E-state index contributed by atoms with van der Waals surface area (Å²) in [6.07, 6.45) is 6.90. The van der Waals surface area contributed by atoms with E-state index in [1.807, 2.05) is 4.90 Å². The first-order chi connectivity index (χ1) is 13.9. The molecule has 2 saturated heterocycles. The van der Waals surface area contributed by atoms with Crippen molar-refractivity contribution in [1.29, 1.82) is 0 Å². The van der Waals surface area contributed by atoms with Gasteiger partial charge in [-0.3, -0.25) is 19.2 Å². The van der Waals surface area contributed by atoms with Crippen LogP contribution in [0.15, 0.2) is 17.1 Å². The summed E-state index contributed by atoms with van der Waals surface area (Å²) in [5.74, 6) is -0.574. The van der Waals surface area contributed by atoms with Gasteiger partial charge in [0.25, 0.3) is 11.5 Å². The van der Waals surface area contributed by atoms with E-state index < -0.39 is 0 Å². The number of nitrogens with one attached hydrogen (secondary N) is 1. The first-order valence-corrected chi connectivity index (χ1v) is 10.4. The lowest BCUT2D eigenvalue weighted by atomic mass is 9.96. The highest BCUT2D eigenvalue weighted by Crippen LogP contribution is 2.20. The molecule has 2 fully saturated rings. The molecule has 0 aromatic carbocycles. The second kappa shape index (κ2) is 9.24. The molecule has 8 nitrogen and oxygen atoms in total. The lowest BCUT2D eigenvalue weighted by Gasteiger charge is -2.30. The molecule has 0 atom stereocenters. The van der Waals surface area contributed by atoms with Crippen molar-refractivity contribution in [2.24, 2.45) is 13.0 Å². The molecule has 0 spiro atoms. The molecular weight excluding hydrogens is 372 g/mol. The van der Waals surface area contributed by atoms with Crippen LogP contribution < -0.4 is 10.9 Å². The lowest BCUT2D eigenvalue weighted by molar-refractivity contribution is -0.132. The Morgan fingerprint density at radius 3 is 2.17 bits per heavy atom. The predicted molar refractivity (Wildman–Crippen MR) is 110 cm³/mol. The number of hydrogen-bond donors (Lipinski definition) is 1. The normalized spacial score (nSPS) is 18.3. The highest BCUT2D eigenvalue weighted by atomic mass is 16.2. The van der Waals surface area contributed by atoms with Gasteiger partial charge in [0.05, 0.1) is 5.56 Å². The van der Waals surface area contributed by atoms with Crippen molar-refractivity contribution in [3.8, 4) is 0 Å². The molecule has 0 aliphatic carbocycles. The Kier molecular flexibility index (Phi) is 6.71. The summed E-state index contributed by atoms with van der Waals surface area (Å²) in [7, 11) is 1.59. The molecule has 1 aromatic heterocycles. The number of aromatic nitrogens is 1. The summed E-state index contributed by atoms with van der Waals surface area (Å²) in [5, 5.41) is 2.73. The summed E-state index contributed by atoms with van der Waals surface area (Å²) < 4.78 is 1.35. The largest absolute Gasteiger partial charge is 0.343 e. The van der Waals surface area contributed by atoms with Gasteiger partial charge in [-0.25, -0.2) is 0 Å². The molecule has 0 unspecified atom stereocenters. The summed E-state index contributed by atoms with van der Waals surface area (Å²) in [5.41, 5.74) is 0.204. The molecule has 1 N–H and O–H groups in total. The number of piperidine rings is 1. The van der Waals surface area contributed by atoms with Gasteiger partial charge in [0.1, 0.15) is 5.69 Å². The van der Waals surface area contributed by atoms with Crippen LogP contribution in [0.1, 0.15) is 55.8 Å². The van der Waals surface area contributed by atoms with E-state index in [9.17, 15) is 19.2 Å². The number of rotatable bonds is 3. The summed E-state index contributed by atoms with van der Waals surface area (Å²) >= 11 is 0. The Labute approximate surface area is 170 Å². The number of likely N-dealkylation sites (tertiary alicyclic amines) is 2. The van der Waals surface area contributed by atoms with Gasteiger partial charge in [-0.2, -0.15) is 0 Å². The SMILES string of the molecule is CC(=O)N1CCC(C(=O)Nc2cc(C(=O)N3CCCCCC3)cn(C)c2=O)CC1. The van der Waals surface area contributed by atoms with Gasteiger partial charge in [0.15, 0.2) is 0 Å². The van der Waals surface area contributed by atoms with Crippen molar-refractivity contribution in [3.05, 3.63) is 28.2 Å². The van der Waals surface area contributed by atoms with Crippen molar-refractivity contribution in [3.63, 3.8) is 0 Å². The predicted octanol–water partition coefficient (Wildman–Crippen LogP) is 1.60. The van der Waals surface area contributed by atoms with E-state index in [1.165, 1.54) is 23.8 Å². The zero-order chi connectivity index (χ0) is 21.0. The van der Waals surface area contributed by atoms with Gasteiger partial charge in [0, 0.05) is 52.3 Å². The van der Waals surface area contributed by atoms with E-state index in [2.05, 4.69) is 5.32 Å². The maximum atomic E-state index is 12.9. The Morgan fingerprint density at radius 1 is 0.966 bits per heavy atom. The van der Waals surface area contributed by atoms with Crippen LogP contribution in [0.25, 0.3) is 0 Å². The Balaban J connectivity index is 1.72. The number of carbonyl (C=O) groups excluding carboxylic acids is 3. The molecule has 3 heterocycles. The van der Waals surface area contributed by atoms with Crippen molar-refractivity contribution in [2.75, 3.05) is 31.5 Å². The standard InChI is InChI=1S/C21H30N4O4/c1-15(26)24-11-7-16(8-12-24)19(27)22-18-13-17(14-23(2)21(18)29)20(28)25-9-5-3-4-6-10-25/h13-14,16H,3-12H2,1-2H3,(H,22,27). The fourth-order valence-corrected chi connectivity index (χ4v) is 4.07. The van der Waals surface area contributed by atoms with E-state index in [0.29, 0.717) is 31.5 Å². The molecule has 1 aromatic rings. The molecule has 29 heavy (non-hydrogen) atoms. The Morgan fingerprint density at radius 2 is 1.59 bits per heavy atom. The molecule has 3 rings (SSSR count). The van der Waals surface area contributed by atoms with E-state index in [1.54, 1.807) is 11.9 Å². The van der Waals surface area contributed by atoms with Gasteiger partial charge in [0.2, 0.25) is 11.8 Å². The molecule has 3 amide bonds. The summed E-state index contributed by atoms with van der Waals surface area (Å²) in [4.78, 5) is 53.1. The lowest BCUT2D eigenvalue weighted by Crippen LogP contribution is -2.41. The minimum Gasteiger partial charge on any atom is -0.343 e. The van der Waals surface area contributed by atoms with E-state index >= 15 is 0 Å². The van der Waals surface area contributed by atoms with Crippen LogP contribution in [0.3, 0.4) is 0 Å². The number of pyridine rings is 1. The van der Waals surface area contributed by atoms with Crippen LogP contribution in [-0.2, 0) is 16.6 Å². The maximum absolute atomic E-state index is 12.9. The molecule has 2 aliphatic heterocycles. The maximum Gasteiger partial charge on any atom is 0.274 e. The monoisotopic (exact) mass is 402 g/mol. The van der Waals surface area contributed by atoms with Crippen molar-refractivity contribution in [1.82, 2.24) is 14.4 Å². The van der Waals surface area contributed by atoms with Gasteiger partial charge in [-0.05, 0) is 31.7 Å². The van der Waals surface area contributed by atoms with Crippen LogP contribution >= 0.6 is 0 Å². The molecule has 2 aliphatic rings. The van der Waals surface area contributed by atoms with Crippen LogP contribution in [-0.4, -0.2) is 58.3 Å². The summed E-state index contributed by atoms with van der Waals surface area (Å²) in [6.45, 7) is 4.05. The average molecular weight is 402 g/mol. The second-order valence-electron chi connectivity index (χ2n) is 8.03. The Bertz CT molecular complexity index is 832. The molecule has 0 saturated carbocycles. The van der Waals surface area contributed by atoms with Crippen molar-refractivity contribution in [2.45, 2.75) is 45.4 Å². The van der Waals surface area contributed by atoms with E-state index in [-0.39, 0.29) is 34.9 Å². The number of carbonyl (C=O) groups is 3. The third kappa shape index (κ3) is 5.05. The fraction of sp³-hybridized carbons (Fsp3) is 0.619. The van der Waals surface area contributed by atoms with Crippen molar-refractivity contribution < 1.29 is 14.4 Å². The minimum absolute atomic E-state index is 0.0115. The first kappa shape index (κ1) is 21.1. The molecule has 0 radical (unpaired) electrons. The molecule has 8 heteroatoms. The fourth-order valence-electron chi connectivity index (χ4n) is 4.07. The smallest absolute Gasteiger partial charge is 0.274 e. The number of hydrogen-bond acceptors (Lipinski definition) is 4. The molecular formula is C21H30N4O4. The van der Waals surface area contributed by atoms with E-state index in [4.69, 9.17) is 0 Å². The zero-order valence-electron chi connectivity index (χ0n) is 17.3. The number of amides is 3. The third-order valence-electron chi connectivity index (χ3n) is 5.89. The van der Waals surface area contributed by atoms with Crippen molar-refractivity contribution >= 4 is 23.4 Å². The number of anilines is 1. The molecule has 0 bridgehead atoms.